The van der Waals surface area contributed by atoms with E-state index in [2.05, 4.69) is 16.5 Å². The molecule has 6 heteroatoms. The summed E-state index contributed by atoms with van der Waals surface area (Å²) in [5.41, 5.74) is 4.99. The van der Waals surface area contributed by atoms with E-state index in [1.165, 1.54) is 18.6 Å². The first kappa shape index (κ1) is 20.0. The lowest BCUT2D eigenvalue weighted by Gasteiger charge is -2.28. The molecule has 5 nitrogen and oxygen atoms in total. The van der Waals surface area contributed by atoms with Crippen molar-refractivity contribution in [1.29, 1.82) is 5.26 Å². The van der Waals surface area contributed by atoms with Gasteiger partial charge in [0.1, 0.15) is 23.2 Å². The number of benzene rings is 2. The molecular weight excluding hydrogens is 401 g/mol. The van der Waals surface area contributed by atoms with Gasteiger partial charge in [-0.2, -0.15) is 5.26 Å². The maximum Gasteiger partial charge on any atom is 0.167 e. The minimum Gasteiger partial charge on any atom is -0.370 e. The van der Waals surface area contributed by atoms with E-state index in [0.29, 0.717) is 17.0 Å². The van der Waals surface area contributed by atoms with Crippen LogP contribution in [0.5, 0.6) is 0 Å². The number of piperidine rings is 1. The van der Waals surface area contributed by atoms with E-state index >= 15 is 0 Å². The van der Waals surface area contributed by atoms with Crippen LogP contribution in [0.2, 0.25) is 0 Å². The number of nitriles is 1. The summed E-state index contributed by atoms with van der Waals surface area (Å²) in [4.78, 5) is 12.0. The molecule has 0 atom stereocenters. The molecule has 1 fully saturated rings. The van der Waals surface area contributed by atoms with Crippen LogP contribution < -0.4 is 4.90 Å². The van der Waals surface area contributed by atoms with Crippen molar-refractivity contribution in [2.75, 3.05) is 18.0 Å². The second kappa shape index (κ2) is 8.27. The number of anilines is 1. The molecule has 0 amide bonds. The fourth-order valence-corrected chi connectivity index (χ4v) is 4.32. The summed E-state index contributed by atoms with van der Waals surface area (Å²) in [6, 6.07) is 16.4. The van der Waals surface area contributed by atoms with Crippen LogP contribution in [0.15, 0.2) is 61.3 Å². The molecule has 0 radical (unpaired) electrons. The molecular formula is C26H22FN5. The van der Waals surface area contributed by atoms with Crippen molar-refractivity contribution in [1.82, 2.24) is 14.5 Å². The Morgan fingerprint density at radius 2 is 1.91 bits per heavy atom. The number of rotatable bonds is 4. The predicted molar refractivity (Wildman–Crippen MR) is 125 cm³/mol. The molecule has 4 aromatic rings. The monoisotopic (exact) mass is 423 g/mol. The molecule has 2 aromatic heterocycles. The highest BCUT2D eigenvalue weighted by molar-refractivity contribution is 5.90. The lowest BCUT2D eigenvalue weighted by molar-refractivity contribution is 0.578. The average Bonchev–Trinajstić information content (AvgIpc) is 3.24. The van der Waals surface area contributed by atoms with Gasteiger partial charge in [-0.25, -0.2) is 14.4 Å². The van der Waals surface area contributed by atoms with Gasteiger partial charge in [0, 0.05) is 30.5 Å². The summed E-state index contributed by atoms with van der Waals surface area (Å²) in [5.74, 6) is 0.0224. The molecule has 1 aliphatic rings. The largest absolute Gasteiger partial charge is 0.370 e. The van der Waals surface area contributed by atoms with Crippen molar-refractivity contribution in [3.8, 4) is 23.1 Å². The van der Waals surface area contributed by atoms with Gasteiger partial charge in [-0.15, -0.1) is 0 Å². The predicted octanol–water partition coefficient (Wildman–Crippen LogP) is 5.73. The van der Waals surface area contributed by atoms with E-state index in [4.69, 9.17) is 10.2 Å². The van der Waals surface area contributed by atoms with Crippen LogP contribution >= 0.6 is 0 Å². The second-order valence-corrected chi connectivity index (χ2v) is 7.93. The molecule has 158 valence electrons. The Morgan fingerprint density at radius 1 is 1.06 bits per heavy atom. The van der Waals surface area contributed by atoms with Crippen LogP contribution in [-0.4, -0.2) is 27.6 Å². The standard InChI is InChI=1S/C26H22FN5/c1-2-18-7-6-8-21(15-18)32-25(19-9-10-20(17-28)22(27)16-19)30-24-23(11-12-29-26(24)32)31-13-4-3-5-14-31/h2,6-12,15-16H,1,3-5,13-14H2. The molecule has 0 saturated carbocycles. The van der Waals surface area contributed by atoms with Gasteiger partial charge in [-0.05, 0) is 61.2 Å². The highest BCUT2D eigenvalue weighted by Gasteiger charge is 2.22. The normalized spacial score (nSPS) is 13.8. The van der Waals surface area contributed by atoms with E-state index in [1.807, 2.05) is 47.2 Å². The highest BCUT2D eigenvalue weighted by atomic mass is 19.1. The zero-order valence-corrected chi connectivity index (χ0v) is 17.6. The molecule has 32 heavy (non-hydrogen) atoms. The van der Waals surface area contributed by atoms with Crippen LogP contribution in [0.4, 0.5) is 10.1 Å². The van der Waals surface area contributed by atoms with Crippen LogP contribution in [0.25, 0.3) is 34.3 Å². The number of nitrogens with zero attached hydrogens (tertiary/aromatic N) is 5. The number of halogens is 1. The summed E-state index contributed by atoms with van der Waals surface area (Å²) in [7, 11) is 0. The van der Waals surface area contributed by atoms with E-state index < -0.39 is 5.82 Å². The van der Waals surface area contributed by atoms with Gasteiger partial charge in [-0.3, -0.25) is 4.57 Å². The number of hydrogen-bond donors (Lipinski definition) is 0. The quantitative estimate of drug-likeness (QED) is 0.420. The van der Waals surface area contributed by atoms with Gasteiger partial charge in [0.25, 0.3) is 0 Å². The molecule has 0 unspecified atom stereocenters. The van der Waals surface area contributed by atoms with Crippen molar-refractivity contribution in [2.24, 2.45) is 0 Å². The van der Waals surface area contributed by atoms with Crippen molar-refractivity contribution in [3.63, 3.8) is 0 Å². The van der Waals surface area contributed by atoms with Crippen LogP contribution in [0.3, 0.4) is 0 Å². The van der Waals surface area contributed by atoms with Gasteiger partial charge in [0.05, 0.1) is 11.3 Å². The topological polar surface area (TPSA) is 57.7 Å². The van der Waals surface area contributed by atoms with Crippen LogP contribution in [-0.2, 0) is 0 Å². The Balaban J connectivity index is 1.78. The van der Waals surface area contributed by atoms with Crippen molar-refractivity contribution >= 4 is 22.9 Å². The summed E-state index contributed by atoms with van der Waals surface area (Å²) >= 11 is 0. The fraction of sp³-hybridized carbons (Fsp3) is 0.192. The summed E-state index contributed by atoms with van der Waals surface area (Å²) < 4.78 is 16.5. The first-order valence-electron chi connectivity index (χ1n) is 10.7. The Morgan fingerprint density at radius 3 is 2.66 bits per heavy atom. The Hall–Kier alpha value is -3.98. The second-order valence-electron chi connectivity index (χ2n) is 7.93. The molecule has 5 rings (SSSR count). The van der Waals surface area contributed by atoms with E-state index in [9.17, 15) is 4.39 Å². The molecule has 2 aromatic carbocycles. The van der Waals surface area contributed by atoms with Crippen molar-refractivity contribution in [3.05, 3.63) is 78.3 Å². The van der Waals surface area contributed by atoms with Gasteiger partial charge in [0.15, 0.2) is 5.65 Å². The molecule has 1 aliphatic heterocycles. The fourth-order valence-electron chi connectivity index (χ4n) is 4.32. The number of pyridine rings is 1. The number of aromatic nitrogens is 3. The SMILES string of the molecule is C=Cc1cccc(-n2c(-c3ccc(C#N)c(F)c3)nc3c(N4CCCCC4)ccnc32)c1. The van der Waals surface area contributed by atoms with Gasteiger partial charge in [0.2, 0.25) is 0 Å². The molecule has 3 heterocycles. The lowest BCUT2D eigenvalue weighted by Crippen LogP contribution is -2.29. The summed E-state index contributed by atoms with van der Waals surface area (Å²) in [6.07, 6.45) is 7.14. The maximum absolute atomic E-state index is 14.5. The summed E-state index contributed by atoms with van der Waals surface area (Å²) in [6.45, 7) is 5.84. The van der Waals surface area contributed by atoms with Crippen molar-refractivity contribution in [2.45, 2.75) is 19.3 Å². The van der Waals surface area contributed by atoms with E-state index in [1.54, 1.807) is 12.1 Å². The Bertz CT molecular complexity index is 1360. The molecule has 0 bridgehead atoms. The average molecular weight is 423 g/mol. The zero-order chi connectivity index (χ0) is 22.1. The molecule has 0 N–H and O–H groups in total. The molecule has 0 aliphatic carbocycles. The van der Waals surface area contributed by atoms with E-state index in [-0.39, 0.29) is 5.56 Å². The van der Waals surface area contributed by atoms with Gasteiger partial charge in [-0.1, -0.05) is 24.8 Å². The van der Waals surface area contributed by atoms with E-state index in [0.717, 1.165) is 48.4 Å². The van der Waals surface area contributed by atoms with Gasteiger partial charge >= 0.3 is 0 Å². The van der Waals surface area contributed by atoms with Crippen LogP contribution in [0, 0.1) is 17.1 Å². The Kier molecular flexibility index (Phi) is 5.16. The Labute approximate surface area is 186 Å². The van der Waals surface area contributed by atoms with Crippen LogP contribution in [0.1, 0.15) is 30.4 Å². The molecule has 0 spiro atoms. The molecule has 1 saturated heterocycles. The maximum atomic E-state index is 14.5. The first-order valence-corrected chi connectivity index (χ1v) is 10.7. The lowest BCUT2D eigenvalue weighted by atomic mass is 10.1. The van der Waals surface area contributed by atoms with Gasteiger partial charge < -0.3 is 4.90 Å². The first-order chi connectivity index (χ1) is 15.7. The minimum atomic E-state index is -0.562. The summed E-state index contributed by atoms with van der Waals surface area (Å²) in [5, 5.41) is 9.13. The smallest absolute Gasteiger partial charge is 0.167 e. The number of fused-ring (bicyclic) bond motifs is 1. The minimum absolute atomic E-state index is 0.0113. The third-order valence-corrected chi connectivity index (χ3v) is 5.93. The highest BCUT2D eigenvalue weighted by Crippen LogP contribution is 2.34. The zero-order valence-electron chi connectivity index (χ0n) is 17.6. The van der Waals surface area contributed by atoms with Crippen molar-refractivity contribution < 1.29 is 4.39 Å². The number of hydrogen-bond acceptors (Lipinski definition) is 4. The number of imidazole rings is 1. The third-order valence-electron chi connectivity index (χ3n) is 5.93. The third kappa shape index (κ3) is 3.42.